The Labute approximate surface area is 119 Å². The second kappa shape index (κ2) is 5.73. The summed E-state index contributed by atoms with van der Waals surface area (Å²) in [6, 6.07) is 5.46. The topological polar surface area (TPSA) is 49.9 Å². The number of hydrogen-bond donors (Lipinski definition) is 2. The van der Waals surface area contributed by atoms with Crippen LogP contribution < -0.4 is 10.1 Å². The zero-order valence-corrected chi connectivity index (χ0v) is 12.4. The van der Waals surface area contributed by atoms with Crippen LogP contribution in [-0.2, 0) is 6.54 Å². The van der Waals surface area contributed by atoms with E-state index in [1.807, 2.05) is 19.2 Å². The highest BCUT2D eigenvalue weighted by atomic mass is 79.9. The van der Waals surface area contributed by atoms with Crippen molar-refractivity contribution in [1.82, 2.24) is 15.3 Å². The molecule has 0 aliphatic carbocycles. The van der Waals surface area contributed by atoms with Gasteiger partial charge in [-0.1, -0.05) is 11.6 Å². The Balaban J connectivity index is 2.50. The average molecular weight is 331 g/mol. The summed E-state index contributed by atoms with van der Waals surface area (Å²) in [5, 5.41) is 3.69. The molecule has 0 fully saturated rings. The predicted octanol–water partition coefficient (Wildman–Crippen LogP) is 3.22. The number of methoxy groups -OCH3 is 1. The number of hydrogen-bond acceptors (Lipinski definition) is 3. The molecular formula is C12H13BrClN3O. The maximum Gasteiger partial charge on any atom is 0.128 e. The molecule has 0 unspecified atom stereocenters. The van der Waals surface area contributed by atoms with Gasteiger partial charge in [0.05, 0.1) is 13.7 Å². The van der Waals surface area contributed by atoms with E-state index in [9.17, 15) is 0 Å². The zero-order valence-electron chi connectivity index (χ0n) is 10.1. The molecule has 18 heavy (non-hydrogen) atoms. The predicted molar refractivity (Wildman–Crippen MR) is 76.0 cm³/mol. The summed E-state index contributed by atoms with van der Waals surface area (Å²) in [6.45, 7) is 0.668. The largest absolute Gasteiger partial charge is 0.496 e. The monoisotopic (exact) mass is 329 g/mol. The number of aromatic amines is 1. The molecule has 0 aliphatic heterocycles. The third kappa shape index (κ3) is 2.68. The van der Waals surface area contributed by atoms with Gasteiger partial charge in [-0.25, -0.2) is 4.98 Å². The molecule has 0 bridgehead atoms. The van der Waals surface area contributed by atoms with E-state index in [-0.39, 0.29) is 0 Å². The first-order valence-corrected chi connectivity index (χ1v) is 6.55. The number of halogens is 2. The maximum absolute atomic E-state index is 6.02. The lowest BCUT2D eigenvalue weighted by Gasteiger charge is -2.06. The van der Waals surface area contributed by atoms with Gasteiger partial charge in [-0.2, -0.15) is 0 Å². The van der Waals surface area contributed by atoms with Crippen LogP contribution in [-0.4, -0.2) is 24.1 Å². The van der Waals surface area contributed by atoms with Gasteiger partial charge >= 0.3 is 0 Å². The van der Waals surface area contributed by atoms with Crippen LogP contribution in [0.5, 0.6) is 5.75 Å². The standard InChI is InChI=1S/C12H13BrClN3O/c1-15-6-10-16-11(12(13)17-10)8-5-7(14)3-4-9(8)18-2/h3-5,15H,6H2,1-2H3,(H,16,17). The fourth-order valence-corrected chi connectivity index (χ4v) is 2.40. The molecule has 0 atom stereocenters. The summed E-state index contributed by atoms with van der Waals surface area (Å²) in [4.78, 5) is 7.68. The minimum Gasteiger partial charge on any atom is -0.496 e. The number of benzene rings is 1. The number of rotatable bonds is 4. The Morgan fingerprint density at radius 1 is 1.50 bits per heavy atom. The van der Waals surface area contributed by atoms with Crippen molar-refractivity contribution in [3.05, 3.63) is 33.6 Å². The van der Waals surface area contributed by atoms with E-state index < -0.39 is 0 Å². The van der Waals surface area contributed by atoms with Crippen molar-refractivity contribution in [2.75, 3.05) is 14.2 Å². The number of H-pyrrole nitrogens is 1. The van der Waals surface area contributed by atoms with Crippen LogP contribution in [0.15, 0.2) is 22.8 Å². The zero-order chi connectivity index (χ0) is 13.1. The number of imidazole rings is 1. The third-order valence-electron chi connectivity index (χ3n) is 2.47. The molecule has 0 radical (unpaired) electrons. The molecule has 1 heterocycles. The highest BCUT2D eigenvalue weighted by molar-refractivity contribution is 9.10. The molecule has 0 amide bonds. The Morgan fingerprint density at radius 3 is 2.94 bits per heavy atom. The second-order valence-corrected chi connectivity index (χ2v) is 4.95. The van der Waals surface area contributed by atoms with Crippen LogP contribution in [0.3, 0.4) is 0 Å². The number of aromatic nitrogens is 2. The van der Waals surface area contributed by atoms with E-state index in [0.29, 0.717) is 11.6 Å². The lowest BCUT2D eigenvalue weighted by atomic mass is 10.1. The second-order valence-electron chi connectivity index (χ2n) is 3.72. The van der Waals surface area contributed by atoms with E-state index in [1.54, 1.807) is 13.2 Å². The minimum atomic E-state index is 0.649. The van der Waals surface area contributed by atoms with Gasteiger partial charge in [-0.3, -0.25) is 0 Å². The van der Waals surface area contributed by atoms with Gasteiger partial charge in [0.1, 0.15) is 21.9 Å². The molecule has 6 heteroatoms. The molecule has 0 saturated carbocycles. The molecule has 0 spiro atoms. The van der Waals surface area contributed by atoms with Gasteiger partial charge in [0.2, 0.25) is 0 Å². The Hall–Kier alpha value is -1.04. The smallest absolute Gasteiger partial charge is 0.128 e. The highest BCUT2D eigenvalue weighted by Gasteiger charge is 2.14. The molecular weight excluding hydrogens is 318 g/mol. The Kier molecular flexibility index (Phi) is 4.27. The van der Waals surface area contributed by atoms with Crippen molar-refractivity contribution in [2.24, 2.45) is 0 Å². The van der Waals surface area contributed by atoms with Crippen molar-refractivity contribution >= 4 is 27.5 Å². The summed E-state index contributed by atoms with van der Waals surface area (Å²) >= 11 is 9.49. The van der Waals surface area contributed by atoms with E-state index in [0.717, 1.165) is 27.4 Å². The minimum absolute atomic E-state index is 0.649. The van der Waals surface area contributed by atoms with Gasteiger partial charge < -0.3 is 15.0 Å². The number of ether oxygens (including phenoxy) is 1. The number of nitrogens with zero attached hydrogens (tertiary/aromatic N) is 1. The fraction of sp³-hybridized carbons (Fsp3) is 0.250. The normalized spacial score (nSPS) is 10.7. The summed E-state index contributed by atoms with van der Waals surface area (Å²) in [5.41, 5.74) is 1.65. The van der Waals surface area contributed by atoms with E-state index in [1.165, 1.54) is 0 Å². The van der Waals surface area contributed by atoms with Gasteiger partial charge in [-0.15, -0.1) is 0 Å². The molecule has 4 nitrogen and oxygen atoms in total. The van der Waals surface area contributed by atoms with Crippen molar-refractivity contribution < 1.29 is 4.74 Å². The first-order valence-electron chi connectivity index (χ1n) is 5.38. The SMILES string of the molecule is CNCc1nc(-c2cc(Cl)ccc2OC)c(Br)[nH]1. The van der Waals surface area contributed by atoms with Crippen molar-refractivity contribution in [2.45, 2.75) is 6.54 Å². The Bertz CT molecular complexity index is 556. The third-order valence-corrected chi connectivity index (χ3v) is 3.28. The van der Waals surface area contributed by atoms with Crippen LogP contribution in [0.4, 0.5) is 0 Å². The fourth-order valence-electron chi connectivity index (χ4n) is 1.69. The van der Waals surface area contributed by atoms with Gasteiger partial charge in [0.25, 0.3) is 0 Å². The van der Waals surface area contributed by atoms with Crippen LogP contribution in [0.25, 0.3) is 11.3 Å². The van der Waals surface area contributed by atoms with Crippen LogP contribution >= 0.6 is 27.5 Å². The average Bonchev–Trinajstić information content (AvgIpc) is 2.70. The van der Waals surface area contributed by atoms with Crippen LogP contribution in [0, 0.1) is 0 Å². The Morgan fingerprint density at radius 2 is 2.28 bits per heavy atom. The highest BCUT2D eigenvalue weighted by Crippen LogP contribution is 2.35. The van der Waals surface area contributed by atoms with E-state index >= 15 is 0 Å². The molecule has 96 valence electrons. The summed E-state index contributed by atoms with van der Waals surface area (Å²) in [7, 11) is 3.50. The molecule has 1 aromatic carbocycles. The van der Waals surface area contributed by atoms with Crippen LogP contribution in [0.1, 0.15) is 5.82 Å². The molecule has 1 aromatic heterocycles. The first kappa shape index (κ1) is 13.4. The number of nitrogens with one attached hydrogen (secondary N) is 2. The first-order chi connectivity index (χ1) is 8.65. The van der Waals surface area contributed by atoms with E-state index in [2.05, 4.69) is 31.2 Å². The van der Waals surface area contributed by atoms with Crippen molar-refractivity contribution in [1.29, 1.82) is 0 Å². The summed E-state index contributed by atoms with van der Waals surface area (Å²) in [6.07, 6.45) is 0. The van der Waals surface area contributed by atoms with Crippen molar-refractivity contribution in [3.8, 4) is 17.0 Å². The van der Waals surface area contributed by atoms with Crippen molar-refractivity contribution in [3.63, 3.8) is 0 Å². The molecule has 2 aromatic rings. The summed E-state index contributed by atoms with van der Waals surface area (Å²) in [5.74, 6) is 1.59. The molecule has 2 N–H and O–H groups in total. The molecule has 0 saturated heterocycles. The lowest BCUT2D eigenvalue weighted by Crippen LogP contribution is -2.06. The molecule has 0 aliphatic rings. The summed E-state index contributed by atoms with van der Waals surface area (Å²) < 4.78 is 6.14. The van der Waals surface area contributed by atoms with Gasteiger partial charge in [-0.05, 0) is 41.2 Å². The maximum atomic E-state index is 6.02. The molecule has 2 rings (SSSR count). The van der Waals surface area contributed by atoms with E-state index in [4.69, 9.17) is 16.3 Å². The van der Waals surface area contributed by atoms with Crippen LogP contribution in [0.2, 0.25) is 5.02 Å². The van der Waals surface area contributed by atoms with Gasteiger partial charge in [0, 0.05) is 10.6 Å². The quantitative estimate of drug-likeness (QED) is 0.905. The lowest BCUT2D eigenvalue weighted by molar-refractivity contribution is 0.416. The van der Waals surface area contributed by atoms with Gasteiger partial charge in [0.15, 0.2) is 0 Å².